The Labute approximate surface area is 168 Å². The first-order chi connectivity index (χ1) is 14.0. The number of furan rings is 1. The maximum atomic E-state index is 13.0. The van der Waals surface area contributed by atoms with Crippen molar-refractivity contribution < 1.29 is 19.1 Å². The van der Waals surface area contributed by atoms with Gasteiger partial charge in [-0.1, -0.05) is 54.1 Å². The molecule has 0 aliphatic carbocycles. The molecule has 2 aromatic carbocycles. The molecule has 5 nitrogen and oxygen atoms in total. The summed E-state index contributed by atoms with van der Waals surface area (Å²) >= 11 is 0. The van der Waals surface area contributed by atoms with Crippen molar-refractivity contribution >= 4 is 17.4 Å². The van der Waals surface area contributed by atoms with E-state index < -0.39 is 17.7 Å². The summed E-state index contributed by atoms with van der Waals surface area (Å²) in [5.41, 5.74) is 3.37. The number of rotatable bonds is 4. The molecule has 0 saturated carbocycles. The standard InChI is InChI=1S/C24H21NO4/c1-15-9-11-17(12-10-15)22(26)20-21(19-8-4-3-6-16(19)2)25(24(28)23(20)27)14-18-7-5-13-29-18/h3-13,21,26H,14H2,1-2H3/b22-20-. The van der Waals surface area contributed by atoms with Gasteiger partial charge in [0.15, 0.2) is 0 Å². The van der Waals surface area contributed by atoms with Gasteiger partial charge in [-0.25, -0.2) is 0 Å². The topological polar surface area (TPSA) is 70.8 Å². The number of carbonyl (C=O) groups excluding carboxylic acids is 2. The first-order valence-electron chi connectivity index (χ1n) is 9.40. The highest BCUT2D eigenvalue weighted by atomic mass is 16.3. The zero-order chi connectivity index (χ0) is 20.5. The molecule has 1 aliphatic rings. The van der Waals surface area contributed by atoms with Gasteiger partial charge in [-0.2, -0.15) is 0 Å². The number of aliphatic hydroxyl groups excluding tert-OH is 1. The van der Waals surface area contributed by atoms with Crippen LogP contribution in [0.5, 0.6) is 0 Å². The molecule has 1 amide bonds. The molecule has 3 aromatic rings. The Balaban J connectivity index is 1.89. The summed E-state index contributed by atoms with van der Waals surface area (Å²) in [7, 11) is 0. The van der Waals surface area contributed by atoms with E-state index in [1.807, 2.05) is 50.2 Å². The third-order valence-electron chi connectivity index (χ3n) is 5.25. The molecule has 146 valence electrons. The van der Waals surface area contributed by atoms with E-state index in [4.69, 9.17) is 4.42 Å². The molecule has 2 heterocycles. The van der Waals surface area contributed by atoms with E-state index in [1.54, 1.807) is 24.3 Å². The largest absolute Gasteiger partial charge is 0.507 e. The van der Waals surface area contributed by atoms with Crippen molar-refractivity contribution in [1.29, 1.82) is 0 Å². The Morgan fingerprint density at radius 1 is 1.00 bits per heavy atom. The molecule has 5 heteroatoms. The SMILES string of the molecule is Cc1ccc(/C(O)=C2/C(=O)C(=O)N(Cc3ccco3)C2c2ccccc2C)cc1. The summed E-state index contributed by atoms with van der Waals surface area (Å²) in [6, 6.07) is 17.6. The number of ketones is 1. The smallest absolute Gasteiger partial charge is 0.296 e. The van der Waals surface area contributed by atoms with Crippen LogP contribution < -0.4 is 0 Å². The van der Waals surface area contributed by atoms with E-state index >= 15 is 0 Å². The summed E-state index contributed by atoms with van der Waals surface area (Å²) in [4.78, 5) is 27.4. The average molecular weight is 387 g/mol. The number of hydrogen-bond acceptors (Lipinski definition) is 4. The lowest BCUT2D eigenvalue weighted by atomic mass is 9.92. The van der Waals surface area contributed by atoms with Crippen LogP contribution in [0.4, 0.5) is 0 Å². The van der Waals surface area contributed by atoms with Gasteiger partial charge in [-0.15, -0.1) is 0 Å². The van der Waals surface area contributed by atoms with Crippen molar-refractivity contribution in [2.24, 2.45) is 0 Å². The highest BCUT2D eigenvalue weighted by Gasteiger charge is 2.46. The van der Waals surface area contributed by atoms with Crippen molar-refractivity contribution in [3.63, 3.8) is 0 Å². The Morgan fingerprint density at radius 2 is 1.72 bits per heavy atom. The third-order valence-corrected chi connectivity index (χ3v) is 5.25. The number of likely N-dealkylation sites (tertiary alicyclic amines) is 1. The summed E-state index contributed by atoms with van der Waals surface area (Å²) in [5, 5.41) is 11.0. The summed E-state index contributed by atoms with van der Waals surface area (Å²) in [6.45, 7) is 4.01. The van der Waals surface area contributed by atoms with E-state index in [0.717, 1.165) is 16.7 Å². The van der Waals surface area contributed by atoms with Crippen molar-refractivity contribution in [2.75, 3.05) is 0 Å². The quantitative estimate of drug-likeness (QED) is 0.406. The van der Waals surface area contributed by atoms with Crippen molar-refractivity contribution in [1.82, 2.24) is 4.90 Å². The van der Waals surface area contributed by atoms with Crippen LogP contribution in [0.3, 0.4) is 0 Å². The van der Waals surface area contributed by atoms with Gasteiger partial charge < -0.3 is 14.4 Å². The number of Topliss-reactive ketones (excluding diaryl/α,β-unsaturated/α-hetero) is 1. The summed E-state index contributed by atoms with van der Waals surface area (Å²) in [5.74, 6) is -0.939. The number of benzene rings is 2. The van der Waals surface area contributed by atoms with Gasteiger partial charge in [0.25, 0.3) is 11.7 Å². The van der Waals surface area contributed by atoms with Crippen molar-refractivity contribution in [3.8, 4) is 0 Å². The highest BCUT2D eigenvalue weighted by Crippen LogP contribution is 2.41. The Morgan fingerprint density at radius 3 is 2.38 bits per heavy atom. The van der Waals surface area contributed by atoms with Gasteiger partial charge in [-0.05, 0) is 37.1 Å². The molecular formula is C24H21NO4. The van der Waals surface area contributed by atoms with E-state index in [9.17, 15) is 14.7 Å². The molecule has 0 spiro atoms. The van der Waals surface area contributed by atoms with Crippen LogP contribution in [0.2, 0.25) is 0 Å². The Kier molecular flexibility index (Phi) is 4.80. The Bertz CT molecular complexity index is 1090. The maximum Gasteiger partial charge on any atom is 0.296 e. The normalized spacial score (nSPS) is 18.4. The molecule has 1 aliphatic heterocycles. The van der Waals surface area contributed by atoms with Gasteiger partial charge in [0.2, 0.25) is 0 Å². The minimum atomic E-state index is -0.692. The van der Waals surface area contributed by atoms with Crippen LogP contribution in [0.1, 0.15) is 34.1 Å². The second-order valence-corrected chi connectivity index (χ2v) is 7.23. The average Bonchev–Trinajstić information content (AvgIpc) is 3.31. The van der Waals surface area contributed by atoms with Crippen LogP contribution >= 0.6 is 0 Å². The molecule has 29 heavy (non-hydrogen) atoms. The molecule has 4 rings (SSSR count). The van der Waals surface area contributed by atoms with Crippen molar-refractivity contribution in [2.45, 2.75) is 26.4 Å². The highest BCUT2D eigenvalue weighted by molar-refractivity contribution is 6.46. The van der Waals surface area contributed by atoms with Gasteiger partial charge in [-0.3, -0.25) is 9.59 Å². The number of aryl methyl sites for hydroxylation is 2. The number of hydrogen-bond donors (Lipinski definition) is 1. The molecule has 1 fully saturated rings. The fraction of sp³-hybridized carbons (Fsp3) is 0.167. The summed E-state index contributed by atoms with van der Waals surface area (Å²) in [6.07, 6.45) is 1.53. The van der Waals surface area contributed by atoms with E-state index in [2.05, 4.69) is 0 Å². The lowest BCUT2D eigenvalue weighted by molar-refractivity contribution is -0.140. The van der Waals surface area contributed by atoms with Crippen LogP contribution in [0.25, 0.3) is 5.76 Å². The maximum absolute atomic E-state index is 13.0. The first-order valence-corrected chi connectivity index (χ1v) is 9.40. The Hall–Kier alpha value is -3.60. The second kappa shape index (κ2) is 7.43. The minimum Gasteiger partial charge on any atom is -0.507 e. The molecule has 0 bridgehead atoms. The predicted octanol–water partition coefficient (Wildman–Crippen LogP) is 4.52. The molecule has 0 radical (unpaired) electrons. The van der Waals surface area contributed by atoms with Crippen LogP contribution in [-0.4, -0.2) is 21.7 Å². The minimum absolute atomic E-state index is 0.0970. The van der Waals surface area contributed by atoms with E-state index in [1.165, 1.54) is 11.2 Å². The lowest BCUT2D eigenvalue weighted by Crippen LogP contribution is -2.29. The molecule has 1 N–H and O–H groups in total. The molecule has 1 atom stereocenters. The lowest BCUT2D eigenvalue weighted by Gasteiger charge is -2.25. The fourth-order valence-electron chi connectivity index (χ4n) is 3.70. The molecular weight excluding hydrogens is 366 g/mol. The van der Waals surface area contributed by atoms with Gasteiger partial charge in [0.05, 0.1) is 24.4 Å². The fourth-order valence-corrected chi connectivity index (χ4v) is 3.70. The zero-order valence-corrected chi connectivity index (χ0v) is 16.3. The number of aliphatic hydroxyl groups is 1. The van der Waals surface area contributed by atoms with Crippen LogP contribution in [0, 0.1) is 13.8 Å². The number of nitrogens with zero attached hydrogens (tertiary/aromatic N) is 1. The molecule has 1 unspecified atom stereocenters. The third kappa shape index (κ3) is 3.36. The van der Waals surface area contributed by atoms with Crippen molar-refractivity contribution in [3.05, 3.63) is 101 Å². The first kappa shape index (κ1) is 18.7. The summed E-state index contributed by atoms with van der Waals surface area (Å²) < 4.78 is 5.40. The molecule has 1 aromatic heterocycles. The zero-order valence-electron chi connectivity index (χ0n) is 16.3. The molecule has 1 saturated heterocycles. The van der Waals surface area contributed by atoms with Crippen LogP contribution in [-0.2, 0) is 16.1 Å². The van der Waals surface area contributed by atoms with Gasteiger partial charge >= 0.3 is 0 Å². The van der Waals surface area contributed by atoms with E-state index in [-0.39, 0.29) is 17.9 Å². The second-order valence-electron chi connectivity index (χ2n) is 7.23. The van der Waals surface area contributed by atoms with Gasteiger partial charge in [0, 0.05) is 5.56 Å². The monoisotopic (exact) mass is 387 g/mol. The number of amides is 1. The van der Waals surface area contributed by atoms with Gasteiger partial charge in [0.1, 0.15) is 11.5 Å². The predicted molar refractivity (Wildman–Crippen MR) is 109 cm³/mol. The number of carbonyl (C=O) groups is 2. The van der Waals surface area contributed by atoms with Crippen LogP contribution in [0.15, 0.2) is 76.9 Å². The van der Waals surface area contributed by atoms with E-state index in [0.29, 0.717) is 11.3 Å².